The van der Waals surface area contributed by atoms with Crippen molar-refractivity contribution in [3.8, 4) is 0 Å². The Labute approximate surface area is 136 Å². The van der Waals surface area contributed by atoms with E-state index < -0.39 is 12.0 Å². The monoisotopic (exact) mass is 311 g/mol. The first-order chi connectivity index (χ1) is 11.2. The van der Waals surface area contributed by atoms with Crippen molar-refractivity contribution >= 4 is 11.9 Å². The van der Waals surface area contributed by atoms with Gasteiger partial charge in [0.25, 0.3) is 5.91 Å². The van der Waals surface area contributed by atoms with Crippen LogP contribution in [0, 0.1) is 5.92 Å². The van der Waals surface area contributed by atoms with Crippen molar-refractivity contribution in [3.05, 3.63) is 71.8 Å². The molecule has 0 saturated carbocycles. The summed E-state index contributed by atoms with van der Waals surface area (Å²) in [7, 11) is 1.37. The van der Waals surface area contributed by atoms with Crippen molar-refractivity contribution < 1.29 is 14.3 Å². The molecule has 120 valence electrons. The van der Waals surface area contributed by atoms with Gasteiger partial charge in [-0.2, -0.15) is 0 Å². The lowest BCUT2D eigenvalue weighted by Gasteiger charge is -2.26. The van der Waals surface area contributed by atoms with E-state index in [0.717, 1.165) is 5.56 Å². The Morgan fingerprint density at radius 1 is 1.00 bits per heavy atom. The maximum Gasteiger partial charge on any atom is 0.311 e. The quantitative estimate of drug-likeness (QED) is 0.832. The zero-order valence-corrected chi connectivity index (χ0v) is 13.4. The zero-order chi connectivity index (χ0) is 16.7. The van der Waals surface area contributed by atoms with Gasteiger partial charge in [-0.05, 0) is 24.1 Å². The SMILES string of the molecule is CC[C@@H](C(=O)OC)[C@@H](NC(=O)c1ccccc1)c1ccccc1. The van der Waals surface area contributed by atoms with Gasteiger partial charge in [0.15, 0.2) is 0 Å². The number of ether oxygens (including phenoxy) is 1. The fourth-order valence-electron chi connectivity index (χ4n) is 2.58. The van der Waals surface area contributed by atoms with Gasteiger partial charge in [0.05, 0.1) is 19.1 Å². The van der Waals surface area contributed by atoms with Crippen LogP contribution in [0.15, 0.2) is 60.7 Å². The van der Waals surface area contributed by atoms with E-state index >= 15 is 0 Å². The molecule has 0 spiro atoms. The van der Waals surface area contributed by atoms with Crippen molar-refractivity contribution in [2.75, 3.05) is 7.11 Å². The van der Waals surface area contributed by atoms with Crippen LogP contribution in [0.1, 0.15) is 35.3 Å². The summed E-state index contributed by atoms with van der Waals surface area (Å²) >= 11 is 0. The summed E-state index contributed by atoms with van der Waals surface area (Å²) in [5.41, 5.74) is 1.45. The van der Waals surface area contributed by atoms with Crippen LogP contribution in [0.25, 0.3) is 0 Å². The summed E-state index contributed by atoms with van der Waals surface area (Å²) in [5.74, 6) is -0.966. The molecule has 2 atom stereocenters. The molecule has 2 rings (SSSR count). The van der Waals surface area contributed by atoms with E-state index in [1.807, 2.05) is 55.5 Å². The molecule has 0 fully saturated rings. The largest absolute Gasteiger partial charge is 0.469 e. The van der Waals surface area contributed by atoms with Gasteiger partial charge in [-0.15, -0.1) is 0 Å². The third kappa shape index (κ3) is 4.19. The van der Waals surface area contributed by atoms with E-state index in [9.17, 15) is 9.59 Å². The third-order valence-corrected chi connectivity index (χ3v) is 3.83. The summed E-state index contributed by atoms with van der Waals surface area (Å²) in [6.07, 6.45) is 0.571. The lowest BCUT2D eigenvalue weighted by atomic mass is 9.90. The molecule has 1 N–H and O–H groups in total. The molecule has 0 aliphatic heterocycles. The van der Waals surface area contributed by atoms with Crippen LogP contribution in [0.2, 0.25) is 0 Å². The van der Waals surface area contributed by atoms with Gasteiger partial charge in [-0.25, -0.2) is 0 Å². The van der Waals surface area contributed by atoms with Crippen molar-refractivity contribution in [2.45, 2.75) is 19.4 Å². The molecule has 0 aliphatic carbocycles. The van der Waals surface area contributed by atoms with Crippen LogP contribution in [-0.4, -0.2) is 19.0 Å². The average molecular weight is 311 g/mol. The van der Waals surface area contributed by atoms with Crippen LogP contribution in [0.3, 0.4) is 0 Å². The zero-order valence-electron chi connectivity index (χ0n) is 13.4. The van der Waals surface area contributed by atoms with E-state index in [1.54, 1.807) is 12.1 Å². The van der Waals surface area contributed by atoms with E-state index in [1.165, 1.54) is 7.11 Å². The summed E-state index contributed by atoms with van der Waals surface area (Å²) in [6.45, 7) is 1.91. The first-order valence-corrected chi connectivity index (χ1v) is 7.66. The third-order valence-electron chi connectivity index (χ3n) is 3.83. The summed E-state index contributed by atoms with van der Waals surface area (Å²) in [5, 5.41) is 2.98. The van der Waals surface area contributed by atoms with E-state index in [4.69, 9.17) is 4.74 Å². The predicted molar refractivity (Wildman–Crippen MR) is 88.9 cm³/mol. The molecule has 2 aromatic rings. The Morgan fingerprint density at radius 2 is 1.57 bits per heavy atom. The van der Waals surface area contributed by atoms with Crippen molar-refractivity contribution in [1.29, 1.82) is 0 Å². The van der Waals surface area contributed by atoms with Gasteiger partial charge in [0.2, 0.25) is 0 Å². The van der Waals surface area contributed by atoms with Crippen molar-refractivity contribution in [1.82, 2.24) is 5.32 Å². The number of hydrogen-bond donors (Lipinski definition) is 1. The molecule has 0 unspecified atom stereocenters. The Kier molecular flexibility index (Phi) is 5.92. The number of methoxy groups -OCH3 is 1. The van der Waals surface area contributed by atoms with Gasteiger partial charge < -0.3 is 10.1 Å². The number of carbonyl (C=O) groups is 2. The van der Waals surface area contributed by atoms with Crippen LogP contribution in [0.4, 0.5) is 0 Å². The summed E-state index contributed by atoms with van der Waals surface area (Å²) in [6, 6.07) is 18.0. The highest BCUT2D eigenvalue weighted by Gasteiger charge is 2.30. The topological polar surface area (TPSA) is 55.4 Å². The molecule has 0 radical (unpaired) electrons. The Morgan fingerprint density at radius 3 is 2.09 bits per heavy atom. The predicted octanol–water partition coefficient (Wildman–Crippen LogP) is 3.36. The number of nitrogens with one attached hydrogen (secondary N) is 1. The first-order valence-electron chi connectivity index (χ1n) is 7.66. The second kappa shape index (κ2) is 8.13. The standard InChI is InChI=1S/C19H21NO3/c1-3-16(19(22)23-2)17(14-10-6-4-7-11-14)20-18(21)15-12-8-5-9-13-15/h4-13,16-17H,3H2,1-2H3,(H,20,21)/t16-,17+/m1/s1. The molecule has 0 aliphatic rings. The van der Waals surface area contributed by atoms with Crippen LogP contribution < -0.4 is 5.32 Å². The van der Waals surface area contributed by atoms with Crippen LogP contribution in [-0.2, 0) is 9.53 Å². The Balaban J connectivity index is 2.30. The highest BCUT2D eigenvalue weighted by Crippen LogP contribution is 2.26. The molecule has 0 heterocycles. The van der Waals surface area contributed by atoms with Crippen LogP contribution in [0.5, 0.6) is 0 Å². The highest BCUT2D eigenvalue weighted by atomic mass is 16.5. The smallest absolute Gasteiger partial charge is 0.311 e. The van der Waals surface area contributed by atoms with Gasteiger partial charge in [0, 0.05) is 5.56 Å². The summed E-state index contributed by atoms with van der Waals surface area (Å²) in [4.78, 5) is 24.6. The van der Waals surface area contributed by atoms with Gasteiger partial charge in [-0.1, -0.05) is 55.5 Å². The number of benzene rings is 2. The lowest BCUT2D eigenvalue weighted by molar-refractivity contribution is -0.146. The molecule has 0 saturated heterocycles. The second-order valence-electron chi connectivity index (χ2n) is 5.27. The highest BCUT2D eigenvalue weighted by molar-refractivity contribution is 5.94. The minimum Gasteiger partial charge on any atom is -0.469 e. The first kappa shape index (κ1) is 16.7. The second-order valence-corrected chi connectivity index (χ2v) is 5.27. The molecule has 1 amide bonds. The minimum atomic E-state index is -0.435. The molecule has 2 aromatic carbocycles. The van der Waals surface area contributed by atoms with Gasteiger partial charge in [-0.3, -0.25) is 9.59 Å². The molecular formula is C19H21NO3. The van der Waals surface area contributed by atoms with E-state index in [-0.39, 0.29) is 11.9 Å². The van der Waals surface area contributed by atoms with E-state index in [2.05, 4.69) is 5.32 Å². The van der Waals surface area contributed by atoms with Gasteiger partial charge >= 0.3 is 5.97 Å². The van der Waals surface area contributed by atoms with Gasteiger partial charge in [0.1, 0.15) is 0 Å². The Bertz CT molecular complexity index is 640. The molecule has 0 aromatic heterocycles. The van der Waals surface area contributed by atoms with E-state index in [0.29, 0.717) is 12.0 Å². The molecule has 4 heteroatoms. The number of carbonyl (C=O) groups excluding carboxylic acids is 2. The average Bonchev–Trinajstić information content (AvgIpc) is 2.62. The fourth-order valence-corrected chi connectivity index (χ4v) is 2.58. The van der Waals surface area contributed by atoms with Crippen molar-refractivity contribution in [3.63, 3.8) is 0 Å². The lowest BCUT2D eigenvalue weighted by Crippen LogP contribution is -2.37. The normalized spacial score (nSPS) is 13.0. The maximum atomic E-state index is 12.5. The molecular weight excluding hydrogens is 290 g/mol. The Hall–Kier alpha value is -2.62. The number of hydrogen-bond acceptors (Lipinski definition) is 3. The summed E-state index contributed by atoms with van der Waals surface area (Å²) < 4.78 is 4.90. The van der Waals surface area contributed by atoms with Crippen molar-refractivity contribution in [2.24, 2.45) is 5.92 Å². The molecule has 4 nitrogen and oxygen atoms in total. The fraction of sp³-hybridized carbons (Fsp3) is 0.263. The maximum absolute atomic E-state index is 12.5. The number of esters is 1. The number of amides is 1. The molecule has 23 heavy (non-hydrogen) atoms. The minimum absolute atomic E-state index is 0.207. The van der Waals surface area contributed by atoms with Crippen LogP contribution >= 0.6 is 0 Å². The number of rotatable bonds is 6. The molecule has 0 bridgehead atoms.